The number of aromatic nitrogens is 4. The van der Waals surface area contributed by atoms with Crippen molar-refractivity contribution in [2.75, 3.05) is 13.1 Å². The SMILES string of the molecule is Cc1cc(-c2cc(F)c3nn(C4CCN(C(=O)OC(C)(C)C)CC4)cc3c2)cc2cn(C)nc12. The number of benzene rings is 2. The molecule has 0 spiro atoms. The minimum Gasteiger partial charge on any atom is -0.444 e. The summed E-state index contributed by atoms with van der Waals surface area (Å²) in [6, 6.07) is 7.76. The summed E-state index contributed by atoms with van der Waals surface area (Å²) in [5, 5.41) is 10.9. The Kier molecular flexibility index (Phi) is 5.34. The number of likely N-dealkylation sites (tertiary alicyclic amines) is 1. The molecule has 178 valence electrons. The van der Waals surface area contributed by atoms with Gasteiger partial charge in [-0.1, -0.05) is 0 Å². The number of nitrogens with zero attached hydrogens (tertiary/aromatic N) is 5. The molecule has 2 aromatic carbocycles. The lowest BCUT2D eigenvalue weighted by Crippen LogP contribution is -2.42. The molecule has 0 bridgehead atoms. The molecule has 5 rings (SSSR count). The average Bonchev–Trinajstić information content (AvgIpc) is 3.36. The summed E-state index contributed by atoms with van der Waals surface area (Å²) in [4.78, 5) is 14.1. The first-order valence-corrected chi connectivity index (χ1v) is 11.7. The molecule has 0 atom stereocenters. The fraction of sp³-hybridized carbons (Fsp3) is 0.423. The number of hydrogen-bond donors (Lipinski definition) is 0. The predicted molar refractivity (Wildman–Crippen MR) is 130 cm³/mol. The van der Waals surface area contributed by atoms with Gasteiger partial charge >= 0.3 is 6.09 Å². The first-order chi connectivity index (χ1) is 16.1. The van der Waals surface area contributed by atoms with E-state index in [9.17, 15) is 4.79 Å². The predicted octanol–water partition coefficient (Wildman–Crippen LogP) is 5.61. The Morgan fingerprint density at radius 3 is 2.32 bits per heavy atom. The highest BCUT2D eigenvalue weighted by atomic mass is 19.1. The fourth-order valence-electron chi connectivity index (χ4n) is 4.70. The Balaban J connectivity index is 1.39. The van der Waals surface area contributed by atoms with Gasteiger partial charge in [-0.15, -0.1) is 0 Å². The molecule has 7 nitrogen and oxygen atoms in total. The quantitative estimate of drug-likeness (QED) is 0.388. The summed E-state index contributed by atoms with van der Waals surface area (Å²) in [6.45, 7) is 8.81. The lowest BCUT2D eigenvalue weighted by Gasteiger charge is -2.33. The van der Waals surface area contributed by atoms with E-state index in [4.69, 9.17) is 4.74 Å². The maximum Gasteiger partial charge on any atom is 0.410 e. The molecule has 0 N–H and O–H groups in total. The maximum atomic E-state index is 15.1. The van der Waals surface area contributed by atoms with Gasteiger partial charge in [0.2, 0.25) is 0 Å². The summed E-state index contributed by atoms with van der Waals surface area (Å²) >= 11 is 0. The van der Waals surface area contributed by atoms with Crippen LogP contribution in [0.5, 0.6) is 0 Å². The fourth-order valence-corrected chi connectivity index (χ4v) is 4.70. The number of carbonyl (C=O) groups excluding carboxylic acids is 1. The zero-order chi connectivity index (χ0) is 24.2. The van der Waals surface area contributed by atoms with E-state index in [-0.39, 0.29) is 18.0 Å². The Labute approximate surface area is 198 Å². The number of rotatable bonds is 2. The molecule has 0 unspecified atom stereocenters. The molecule has 4 aromatic rings. The van der Waals surface area contributed by atoms with Crippen molar-refractivity contribution in [3.63, 3.8) is 0 Å². The number of piperidine rings is 1. The van der Waals surface area contributed by atoms with Gasteiger partial charge in [0, 0.05) is 43.3 Å². The van der Waals surface area contributed by atoms with E-state index >= 15 is 4.39 Å². The van der Waals surface area contributed by atoms with Crippen LogP contribution in [0.4, 0.5) is 9.18 Å². The third-order valence-electron chi connectivity index (χ3n) is 6.32. The zero-order valence-corrected chi connectivity index (χ0v) is 20.3. The molecular weight excluding hydrogens is 433 g/mol. The van der Waals surface area contributed by atoms with Crippen molar-refractivity contribution in [1.82, 2.24) is 24.5 Å². The van der Waals surface area contributed by atoms with Crippen molar-refractivity contribution < 1.29 is 13.9 Å². The van der Waals surface area contributed by atoms with Crippen LogP contribution in [0.25, 0.3) is 32.9 Å². The number of aryl methyl sites for hydroxylation is 2. The minimum atomic E-state index is -0.511. The largest absolute Gasteiger partial charge is 0.444 e. The van der Waals surface area contributed by atoms with E-state index in [0.717, 1.165) is 45.8 Å². The second-order valence-corrected chi connectivity index (χ2v) is 10.2. The van der Waals surface area contributed by atoms with Crippen molar-refractivity contribution in [3.05, 3.63) is 48.0 Å². The lowest BCUT2D eigenvalue weighted by atomic mass is 10.00. The molecule has 0 radical (unpaired) electrons. The van der Waals surface area contributed by atoms with Gasteiger partial charge in [-0.3, -0.25) is 9.36 Å². The molecule has 0 aliphatic carbocycles. The third kappa shape index (κ3) is 4.24. The Hall–Kier alpha value is -3.42. The van der Waals surface area contributed by atoms with Gasteiger partial charge in [-0.05, 0) is 81.5 Å². The number of carbonyl (C=O) groups is 1. The van der Waals surface area contributed by atoms with Crippen molar-refractivity contribution in [1.29, 1.82) is 0 Å². The maximum absolute atomic E-state index is 15.1. The molecule has 1 aliphatic heterocycles. The summed E-state index contributed by atoms with van der Waals surface area (Å²) in [5.41, 5.74) is 3.65. The first kappa shape index (κ1) is 22.4. The van der Waals surface area contributed by atoms with Gasteiger partial charge < -0.3 is 9.64 Å². The highest BCUT2D eigenvalue weighted by Crippen LogP contribution is 2.32. The van der Waals surface area contributed by atoms with E-state index in [1.54, 1.807) is 15.6 Å². The molecular formula is C26H30FN5O2. The van der Waals surface area contributed by atoms with Crippen molar-refractivity contribution in [2.24, 2.45) is 7.05 Å². The number of amides is 1. The summed E-state index contributed by atoms with van der Waals surface area (Å²) in [6.07, 6.45) is 5.11. The standard InChI is InChI=1S/C26H30FN5O2/c1-16-10-17(11-19-14-30(5)28-23(16)19)18-12-20-15-32(29-24(20)22(27)13-18)21-6-8-31(9-7-21)25(33)34-26(2,3)4/h10-15,21H,6-9H2,1-5H3. The Bertz CT molecular complexity index is 1390. The molecule has 1 amide bonds. The second kappa shape index (κ2) is 8.11. The van der Waals surface area contributed by atoms with E-state index < -0.39 is 5.60 Å². The number of hydrogen-bond acceptors (Lipinski definition) is 4. The Morgan fingerprint density at radius 2 is 1.65 bits per heavy atom. The first-order valence-electron chi connectivity index (χ1n) is 11.7. The van der Waals surface area contributed by atoms with Crippen LogP contribution >= 0.6 is 0 Å². The summed E-state index contributed by atoms with van der Waals surface area (Å²) in [5.74, 6) is -0.332. The van der Waals surface area contributed by atoms with Crippen molar-refractivity contribution >= 4 is 27.9 Å². The van der Waals surface area contributed by atoms with Gasteiger partial charge in [0.25, 0.3) is 0 Å². The smallest absolute Gasteiger partial charge is 0.410 e. The van der Waals surface area contributed by atoms with Gasteiger partial charge in [0.05, 0.1) is 11.6 Å². The number of ether oxygens (including phenoxy) is 1. The minimum absolute atomic E-state index is 0.114. The molecule has 0 saturated carbocycles. The van der Waals surface area contributed by atoms with E-state index in [2.05, 4.69) is 10.2 Å². The average molecular weight is 464 g/mol. The Morgan fingerprint density at radius 1 is 1.00 bits per heavy atom. The van der Waals surface area contributed by atoms with E-state index in [0.29, 0.717) is 18.6 Å². The van der Waals surface area contributed by atoms with Gasteiger partial charge in [0.1, 0.15) is 11.1 Å². The summed E-state index contributed by atoms with van der Waals surface area (Å²) in [7, 11) is 1.90. The highest BCUT2D eigenvalue weighted by Gasteiger charge is 2.28. The van der Waals surface area contributed by atoms with E-state index in [1.807, 2.05) is 70.0 Å². The van der Waals surface area contributed by atoms with Crippen LogP contribution < -0.4 is 0 Å². The van der Waals surface area contributed by atoms with Crippen molar-refractivity contribution in [3.8, 4) is 11.1 Å². The van der Waals surface area contributed by atoms with Crippen LogP contribution in [0, 0.1) is 12.7 Å². The normalized spacial score (nSPS) is 15.4. The number of fused-ring (bicyclic) bond motifs is 2. The molecule has 8 heteroatoms. The van der Waals surface area contributed by atoms with Crippen LogP contribution in [0.3, 0.4) is 0 Å². The van der Waals surface area contributed by atoms with Crippen molar-refractivity contribution in [2.45, 2.75) is 52.2 Å². The van der Waals surface area contributed by atoms with Gasteiger partial charge in [0.15, 0.2) is 5.82 Å². The van der Waals surface area contributed by atoms with Crippen LogP contribution in [-0.4, -0.2) is 49.2 Å². The zero-order valence-electron chi connectivity index (χ0n) is 20.3. The monoisotopic (exact) mass is 463 g/mol. The lowest BCUT2D eigenvalue weighted by molar-refractivity contribution is 0.0185. The molecule has 3 heterocycles. The second-order valence-electron chi connectivity index (χ2n) is 10.2. The molecule has 2 aromatic heterocycles. The van der Waals surface area contributed by atoms with Gasteiger partial charge in [-0.25, -0.2) is 9.18 Å². The number of halogens is 1. The van der Waals surface area contributed by atoms with Crippen LogP contribution in [0.2, 0.25) is 0 Å². The highest BCUT2D eigenvalue weighted by molar-refractivity contribution is 5.90. The molecule has 1 fully saturated rings. The van der Waals surface area contributed by atoms with Crippen LogP contribution in [0.1, 0.15) is 45.2 Å². The molecule has 1 saturated heterocycles. The summed E-state index contributed by atoms with van der Waals surface area (Å²) < 4.78 is 24.2. The molecule has 34 heavy (non-hydrogen) atoms. The third-order valence-corrected chi connectivity index (χ3v) is 6.32. The topological polar surface area (TPSA) is 65.2 Å². The van der Waals surface area contributed by atoms with Gasteiger partial charge in [-0.2, -0.15) is 10.2 Å². The molecule has 1 aliphatic rings. The van der Waals surface area contributed by atoms with Crippen LogP contribution in [-0.2, 0) is 11.8 Å². The van der Waals surface area contributed by atoms with E-state index in [1.165, 1.54) is 0 Å². The van der Waals surface area contributed by atoms with Crippen LogP contribution in [0.15, 0.2) is 36.7 Å².